The van der Waals surface area contributed by atoms with Gasteiger partial charge in [-0.15, -0.1) is 0 Å². The van der Waals surface area contributed by atoms with Crippen LogP contribution in [0.5, 0.6) is 0 Å². The minimum atomic E-state index is -0.751. The molecule has 96 valence electrons. The molecule has 1 unspecified atom stereocenters. The Morgan fingerprint density at radius 1 is 1.44 bits per heavy atom. The van der Waals surface area contributed by atoms with Crippen LogP contribution >= 0.6 is 0 Å². The molecular formula is C12H13FN2O3. The van der Waals surface area contributed by atoms with Gasteiger partial charge in [-0.25, -0.2) is 4.39 Å². The first-order valence-electron chi connectivity index (χ1n) is 5.48. The lowest BCUT2D eigenvalue weighted by Crippen LogP contribution is -2.32. The van der Waals surface area contributed by atoms with Crippen molar-refractivity contribution in [1.29, 1.82) is 0 Å². The van der Waals surface area contributed by atoms with Gasteiger partial charge in [-0.2, -0.15) is 0 Å². The maximum absolute atomic E-state index is 13.9. The van der Waals surface area contributed by atoms with Crippen LogP contribution in [-0.2, 0) is 4.79 Å². The summed E-state index contributed by atoms with van der Waals surface area (Å²) in [5.74, 6) is -2.07. The number of fused-ring (bicyclic) bond motifs is 1. The highest BCUT2D eigenvalue weighted by atomic mass is 19.1. The molecular weight excluding hydrogens is 239 g/mol. The number of aliphatic hydroxyl groups is 1. The standard InChI is InChI=1S/C12H13FN2O3/c1-6(5-16)15(2)10-4-9-7(3-8(10)13)11(17)12(18)14-9/h3-4,6,16H,5H2,1-2H3,(H,14,17,18). The van der Waals surface area contributed by atoms with Crippen molar-refractivity contribution in [2.45, 2.75) is 13.0 Å². The summed E-state index contributed by atoms with van der Waals surface area (Å²) in [6, 6.07) is 2.18. The Labute approximate surface area is 103 Å². The third-order valence-corrected chi connectivity index (χ3v) is 3.09. The van der Waals surface area contributed by atoms with Gasteiger partial charge in [0.15, 0.2) is 0 Å². The van der Waals surface area contributed by atoms with Gasteiger partial charge >= 0.3 is 0 Å². The van der Waals surface area contributed by atoms with E-state index in [0.717, 1.165) is 6.07 Å². The summed E-state index contributed by atoms with van der Waals surface area (Å²) in [6.07, 6.45) is 0. The molecule has 0 fully saturated rings. The van der Waals surface area contributed by atoms with E-state index in [1.54, 1.807) is 18.9 Å². The van der Waals surface area contributed by atoms with Crippen molar-refractivity contribution < 1.29 is 19.1 Å². The molecule has 5 nitrogen and oxygen atoms in total. The molecule has 0 saturated carbocycles. The fraction of sp³-hybridized carbons (Fsp3) is 0.333. The zero-order valence-corrected chi connectivity index (χ0v) is 10.0. The molecule has 1 aliphatic heterocycles. The van der Waals surface area contributed by atoms with E-state index in [-0.39, 0.29) is 23.9 Å². The van der Waals surface area contributed by atoms with Crippen LogP contribution in [0.1, 0.15) is 17.3 Å². The average Bonchev–Trinajstić information content (AvgIpc) is 2.63. The summed E-state index contributed by atoms with van der Waals surface area (Å²) in [4.78, 5) is 24.1. The fourth-order valence-electron chi connectivity index (χ4n) is 1.78. The van der Waals surface area contributed by atoms with E-state index < -0.39 is 17.5 Å². The number of amides is 1. The molecule has 0 saturated heterocycles. The van der Waals surface area contributed by atoms with Gasteiger partial charge < -0.3 is 15.3 Å². The summed E-state index contributed by atoms with van der Waals surface area (Å²) >= 11 is 0. The monoisotopic (exact) mass is 252 g/mol. The fourth-order valence-corrected chi connectivity index (χ4v) is 1.78. The molecule has 2 rings (SSSR count). The topological polar surface area (TPSA) is 69.6 Å². The molecule has 18 heavy (non-hydrogen) atoms. The number of hydrogen-bond donors (Lipinski definition) is 2. The third kappa shape index (κ3) is 1.84. The number of Topliss-reactive ketones (excluding diaryl/α,β-unsaturated/α-hetero) is 1. The van der Waals surface area contributed by atoms with Crippen molar-refractivity contribution in [3.8, 4) is 0 Å². The van der Waals surface area contributed by atoms with Gasteiger partial charge in [0, 0.05) is 13.1 Å². The number of carbonyl (C=O) groups is 2. The van der Waals surface area contributed by atoms with E-state index >= 15 is 0 Å². The van der Waals surface area contributed by atoms with E-state index in [2.05, 4.69) is 5.32 Å². The van der Waals surface area contributed by atoms with Gasteiger partial charge in [0.1, 0.15) is 5.82 Å². The van der Waals surface area contributed by atoms with Crippen LogP contribution in [-0.4, -0.2) is 36.5 Å². The Kier molecular flexibility index (Phi) is 3.04. The van der Waals surface area contributed by atoms with Crippen LogP contribution in [0.2, 0.25) is 0 Å². The number of anilines is 2. The van der Waals surface area contributed by atoms with E-state index in [0.29, 0.717) is 5.69 Å². The number of aliphatic hydroxyl groups excluding tert-OH is 1. The van der Waals surface area contributed by atoms with Gasteiger partial charge in [-0.05, 0) is 19.1 Å². The van der Waals surface area contributed by atoms with E-state index in [4.69, 9.17) is 5.11 Å². The molecule has 1 aromatic rings. The third-order valence-electron chi connectivity index (χ3n) is 3.09. The summed E-state index contributed by atoms with van der Waals surface area (Å²) < 4.78 is 13.9. The number of nitrogens with zero attached hydrogens (tertiary/aromatic N) is 1. The number of likely N-dealkylation sites (N-methyl/N-ethyl adjacent to an activating group) is 1. The molecule has 1 heterocycles. The Balaban J connectivity index is 2.45. The predicted octanol–water partition coefficient (Wildman–Crippen LogP) is 0.778. The van der Waals surface area contributed by atoms with Gasteiger partial charge in [-0.3, -0.25) is 9.59 Å². The molecule has 0 aromatic heterocycles. The number of hydrogen-bond acceptors (Lipinski definition) is 4. The second-order valence-electron chi connectivity index (χ2n) is 4.27. The molecule has 1 aromatic carbocycles. The highest BCUT2D eigenvalue weighted by molar-refractivity contribution is 6.51. The molecule has 2 N–H and O–H groups in total. The number of carbonyl (C=O) groups excluding carboxylic acids is 2. The Morgan fingerprint density at radius 2 is 2.11 bits per heavy atom. The number of ketones is 1. The van der Waals surface area contributed by atoms with Crippen molar-refractivity contribution in [3.05, 3.63) is 23.5 Å². The molecule has 0 spiro atoms. The maximum atomic E-state index is 13.9. The highest BCUT2D eigenvalue weighted by Crippen LogP contribution is 2.31. The zero-order valence-electron chi connectivity index (χ0n) is 10.0. The number of nitrogens with one attached hydrogen (secondary N) is 1. The van der Waals surface area contributed by atoms with E-state index in [1.165, 1.54) is 6.07 Å². The van der Waals surface area contributed by atoms with Crippen LogP contribution in [0.3, 0.4) is 0 Å². The Hall–Kier alpha value is -1.95. The molecule has 1 amide bonds. The number of rotatable bonds is 3. The van der Waals surface area contributed by atoms with Crippen molar-refractivity contribution >= 4 is 23.1 Å². The number of benzene rings is 1. The smallest absolute Gasteiger partial charge is 0.296 e. The first kappa shape index (κ1) is 12.5. The SMILES string of the molecule is CC(CO)N(C)c1cc2c(cc1F)C(=O)C(=O)N2. The van der Waals surface area contributed by atoms with Crippen LogP contribution in [0.4, 0.5) is 15.8 Å². The van der Waals surface area contributed by atoms with E-state index in [1.807, 2.05) is 0 Å². The lowest BCUT2D eigenvalue weighted by atomic mass is 10.1. The van der Waals surface area contributed by atoms with Crippen molar-refractivity contribution in [2.75, 3.05) is 23.9 Å². The molecule has 1 aliphatic rings. The summed E-state index contributed by atoms with van der Waals surface area (Å²) in [5, 5.41) is 11.4. The lowest BCUT2D eigenvalue weighted by molar-refractivity contribution is -0.112. The number of halogens is 1. The average molecular weight is 252 g/mol. The minimum Gasteiger partial charge on any atom is -0.394 e. The quantitative estimate of drug-likeness (QED) is 0.780. The maximum Gasteiger partial charge on any atom is 0.296 e. The summed E-state index contributed by atoms with van der Waals surface area (Å²) in [6.45, 7) is 1.61. The second kappa shape index (κ2) is 4.38. The van der Waals surface area contributed by atoms with Crippen LogP contribution in [0.15, 0.2) is 12.1 Å². The van der Waals surface area contributed by atoms with Crippen LogP contribution in [0, 0.1) is 5.82 Å². The zero-order chi connectivity index (χ0) is 13.4. The lowest BCUT2D eigenvalue weighted by Gasteiger charge is -2.26. The highest BCUT2D eigenvalue weighted by Gasteiger charge is 2.30. The Bertz CT molecular complexity index is 530. The Morgan fingerprint density at radius 3 is 2.72 bits per heavy atom. The second-order valence-corrected chi connectivity index (χ2v) is 4.27. The largest absolute Gasteiger partial charge is 0.394 e. The normalized spacial score (nSPS) is 15.3. The predicted molar refractivity (Wildman–Crippen MR) is 64.3 cm³/mol. The summed E-state index contributed by atoms with van der Waals surface area (Å²) in [5.41, 5.74) is 0.579. The van der Waals surface area contributed by atoms with Crippen molar-refractivity contribution in [2.24, 2.45) is 0 Å². The van der Waals surface area contributed by atoms with Crippen molar-refractivity contribution in [3.63, 3.8) is 0 Å². The molecule has 0 aliphatic carbocycles. The van der Waals surface area contributed by atoms with Crippen molar-refractivity contribution in [1.82, 2.24) is 0 Å². The van der Waals surface area contributed by atoms with Crippen LogP contribution < -0.4 is 10.2 Å². The first-order valence-corrected chi connectivity index (χ1v) is 5.48. The molecule has 0 radical (unpaired) electrons. The first-order chi connectivity index (χ1) is 8.45. The molecule has 0 bridgehead atoms. The van der Waals surface area contributed by atoms with E-state index in [9.17, 15) is 14.0 Å². The van der Waals surface area contributed by atoms with Gasteiger partial charge in [0.2, 0.25) is 0 Å². The van der Waals surface area contributed by atoms with Gasteiger partial charge in [0.05, 0.1) is 23.5 Å². The molecule has 6 heteroatoms. The summed E-state index contributed by atoms with van der Waals surface area (Å²) in [7, 11) is 1.63. The molecule has 1 atom stereocenters. The minimum absolute atomic E-state index is 0.0475. The van der Waals surface area contributed by atoms with Gasteiger partial charge in [0.25, 0.3) is 11.7 Å². The van der Waals surface area contributed by atoms with Gasteiger partial charge in [-0.1, -0.05) is 0 Å². The van der Waals surface area contributed by atoms with Crippen LogP contribution in [0.25, 0.3) is 0 Å².